The fraction of sp³-hybridized carbons (Fsp3) is 0.222. The number of benzene rings is 1. The molecule has 0 bridgehead atoms. The molecule has 7 nitrogen and oxygen atoms in total. The molecule has 0 radical (unpaired) electrons. The van der Waals surface area contributed by atoms with E-state index < -0.39 is 10.0 Å². The van der Waals surface area contributed by atoms with Gasteiger partial charge in [-0.2, -0.15) is 0 Å². The fourth-order valence-electron chi connectivity index (χ4n) is 3.21. The van der Waals surface area contributed by atoms with E-state index >= 15 is 0 Å². The molecule has 1 aliphatic rings. The van der Waals surface area contributed by atoms with Gasteiger partial charge in [0.2, 0.25) is 5.88 Å². The molecule has 3 aromatic rings. The third-order valence-corrected chi connectivity index (χ3v) is 6.31. The van der Waals surface area contributed by atoms with Crippen LogP contribution in [0.3, 0.4) is 0 Å². The van der Waals surface area contributed by atoms with Crippen molar-refractivity contribution in [1.82, 2.24) is 14.5 Å². The number of nitrogens with zero attached hydrogens (tertiary/aromatic N) is 4. The lowest BCUT2D eigenvalue weighted by atomic mass is 10.00. The standard InChI is InChI=1S/C18H18N4O3S/c1-25-18-7-6-16(11-20-18)26(23,24)22-12-15(21-9-8-19-13-21)10-14-4-2-3-5-17(14)22/h2-9,11,13,15H,10,12H2,1H3. The van der Waals surface area contributed by atoms with Crippen molar-refractivity contribution in [2.75, 3.05) is 18.0 Å². The number of sulfonamides is 1. The number of fused-ring (bicyclic) bond motifs is 1. The van der Waals surface area contributed by atoms with Crippen molar-refractivity contribution in [1.29, 1.82) is 0 Å². The zero-order valence-corrected chi connectivity index (χ0v) is 15.0. The van der Waals surface area contributed by atoms with Crippen molar-refractivity contribution in [3.63, 3.8) is 0 Å². The van der Waals surface area contributed by atoms with Gasteiger partial charge in [0.15, 0.2) is 0 Å². The number of para-hydroxylation sites is 1. The van der Waals surface area contributed by atoms with E-state index in [1.165, 1.54) is 23.7 Å². The van der Waals surface area contributed by atoms with Gasteiger partial charge in [-0.25, -0.2) is 18.4 Å². The molecule has 0 amide bonds. The van der Waals surface area contributed by atoms with Gasteiger partial charge < -0.3 is 9.30 Å². The molecule has 0 fully saturated rings. The van der Waals surface area contributed by atoms with Crippen LogP contribution in [0.15, 0.2) is 66.2 Å². The summed E-state index contributed by atoms with van der Waals surface area (Å²) in [6, 6.07) is 10.6. The molecule has 26 heavy (non-hydrogen) atoms. The Kier molecular flexibility index (Phi) is 4.12. The van der Waals surface area contributed by atoms with Gasteiger partial charge in [-0.05, 0) is 24.1 Å². The van der Waals surface area contributed by atoms with Crippen LogP contribution in [0.1, 0.15) is 11.6 Å². The molecule has 0 saturated carbocycles. The van der Waals surface area contributed by atoms with E-state index in [9.17, 15) is 8.42 Å². The summed E-state index contributed by atoms with van der Waals surface area (Å²) in [6.45, 7) is 0.335. The third kappa shape index (κ3) is 2.82. The van der Waals surface area contributed by atoms with Gasteiger partial charge in [-0.15, -0.1) is 0 Å². The topological polar surface area (TPSA) is 77.3 Å². The summed E-state index contributed by atoms with van der Waals surface area (Å²) >= 11 is 0. The van der Waals surface area contributed by atoms with Crippen molar-refractivity contribution in [2.45, 2.75) is 17.4 Å². The summed E-state index contributed by atoms with van der Waals surface area (Å²) in [5.41, 5.74) is 1.70. The monoisotopic (exact) mass is 370 g/mol. The Morgan fingerprint density at radius 3 is 2.73 bits per heavy atom. The maximum absolute atomic E-state index is 13.3. The number of ether oxygens (including phenoxy) is 1. The molecule has 0 N–H and O–H groups in total. The largest absolute Gasteiger partial charge is 0.481 e. The zero-order chi connectivity index (χ0) is 18.1. The third-order valence-electron chi connectivity index (χ3n) is 4.55. The van der Waals surface area contributed by atoms with E-state index in [0.717, 1.165) is 12.0 Å². The second-order valence-electron chi connectivity index (χ2n) is 6.07. The normalized spacial score (nSPS) is 17.0. The molecule has 0 aliphatic carbocycles. The summed E-state index contributed by atoms with van der Waals surface area (Å²) in [4.78, 5) is 8.27. The van der Waals surface area contributed by atoms with Crippen LogP contribution in [-0.4, -0.2) is 36.6 Å². The molecular weight excluding hydrogens is 352 g/mol. The van der Waals surface area contributed by atoms with Crippen LogP contribution < -0.4 is 9.04 Å². The van der Waals surface area contributed by atoms with Gasteiger partial charge >= 0.3 is 0 Å². The molecule has 1 unspecified atom stereocenters. The van der Waals surface area contributed by atoms with E-state index in [1.54, 1.807) is 18.6 Å². The van der Waals surface area contributed by atoms with Crippen LogP contribution >= 0.6 is 0 Å². The van der Waals surface area contributed by atoms with E-state index in [2.05, 4.69) is 9.97 Å². The second kappa shape index (κ2) is 6.45. The van der Waals surface area contributed by atoms with Crippen LogP contribution in [0.2, 0.25) is 0 Å². The minimum atomic E-state index is -3.74. The Bertz CT molecular complexity index is 1000. The molecule has 2 aromatic heterocycles. The Morgan fingerprint density at radius 1 is 1.19 bits per heavy atom. The highest BCUT2D eigenvalue weighted by molar-refractivity contribution is 7.92. The van der Waals surface area contributed by atoms with Crippen LogP contribution in [0.5, 0.6) is 5.88 Å². The summed E-state index contributed by atoms with van der Waals surface area (Å²) in [5.74, 6) is 0.374. The summed E-state index contributed by atoms with van der Waals surface area (Å²) in [5, 5.41) is 0. The van der Waals surface area contributed by atoms with E-state index in [-0.39, 0.29) is 10.9 Å². The number of hydrogen-bond donors (Lipinski definition) is 0. The molecule has 0 saturated heterocycles. The molecule has 0 spiro atoms. The number of imidazole rings is 1. The first-order valence-electron chi connectivity index (χ1n) is 8.18. The predicted molar refractivity (Wildman–Crippen MR) is 96.7 cm³/mol. The predicted octanol–water partition coefficient (Wildman–Crippen LogP) is 2.28. The highest BCUT2D eigenvalue weighted by Crippen LogP contribution is 2.35. The lowest BCUT2D eigenvalue weighted by Gasteiger charge is -2.35. The average Bonchev–Trinajstić information content (AvgIpc) is 3.22. The number of hydrogen-bond acceptors (Lipinski definition) is 5. The SMILES string of the molecule is COc1ccc(S(=O)(=O)N2CC(n3ccnc3)Cc3ccccc32)cn1. The van der Waals surface area contributed by atoms with Crippen molar-refractivity contribution < 1.29 is 13.2 Å². The summed E-state index contributed by atoms with van der Waals surface area (Å²) in [6.07, 6.45) is 7.36. The van der Waals surface area contributed by atoms with Gasteiger partial charge in [0.1, 0.15) is 4.90 Å². The number of pyridine rings is 1. The maximum atomic E-state index is 13.3. The van der Waals surface area contributed by atoms with Crippen molar-refractivity contribution in [2.24, 2.45) is 0 Å². The lowest BCUT2D eigenvalue weighted by molar-refractivity contribution is 0.397. The molecule has 3 heterocycles. The van der Waals surface area contributed by atoms with Crippen LogP contribution in [-0.2, 0) is 16.4 Å². The molecule has 8 heteroatoms. The molecular formula is C18H18N4O3S. The maximum Gasteiger partial charge on any atom is 0.265 e. The minimum absolute atomic E-state index is 0.0200. The number of rotatable bonds is 4. The van der Waals surface area contributed by atoms with Gasteiger partial charge in [0.25, 0.3) is 10.0 Å². The van der Waals surface area contributed by atoms with Gasteiger partial charge in [0, 0.05) is 18.5 Å². The Balaban J connectivity index is 1.77. The quantitative estimate of drug-likeness (QED) is 0.704. The highest BCUT2D eigenvalue weighted by Gasteiger charge is 2.34. The smallest absolute Gasteiger partial charge is 0.265 e. The Labute approximate surface area is 151 Å². The summed E-state index contributed by atoms with van der Waals surface area (Å²) < 4.78 is 35.0. The number of anilines is 1. The first-order chi connectivity index (χ1) is 12.6. The van der Waals surface area contributed by atoms with Crippen LogP contribution in [0, 0.1) is 0 Å². The Morgan fingerprint density at radius 2 is 2.04 bits per heavy atom. The average molecular weight is 370 g/mol. The van der Waals surface area contributed by atoms with Gasteiger partial charge in [0.05, 0.1) is 37.9 Å². The van der Waals surface area contributed by atoms with E-state index in [1.807, 2.05) is 35.0 Å². The number of methoxy groups -OCH3 is 1. The molecule has 1 aromatic carbocycles. The zero-order valence-electron chi connectivity index (χ0n) is 14.2. The van der Waals surface area contributed by atoms with Gasteiger partial charge in [-0.1, -0.05) is 18.2 Å². The van der Waals surface area contributed by atoms with E-state index in [0.29, 0.717) is 18.1 Å². The molecule has 4 rings (SSSR count). The fourth-order valence-corrected chi connectivity index (χ4v) is 4.70. The molecule has 1 aliphatic heterocycles. The van der Waals surface area contributed by atoms with E-state index in [4.69, 9.17) is 4.74 Å². The van der Waals surface area contributed by atoms with Crippen molar-refractivity contribution in [3.8, 4) is 5.88 Å². The Hall–Kier alpha value is -2.87. The first kappa shape index (κ1) is 16.6. The highest BCUT2D eigenvalue weighted by atomic mass is 32.2. The lowest BCUT2D eigenvalue weighted by Crippen LogP contribution is -2.40. The molecule has 1 atom stereocenters. The molecule has 134 valence electrons. The van der Waals surface area contributed by atoms with Crippen LogP contribution in [0.25, 0.3) is 0 Å². The first-order valence-corrected chi connectivity index (χ1v) is 9.62. The number of aromatic nitrogens is 3. The second-order valence-corrected chi connectivity index (χ2v) is 7.93. The van der Waals surface area contributed by atoms with Gasteiger partial charge in [-0.3, -0.25) is 4.31 Å². The summed E-state index contributed by atoms with van der Waals surface area (Å²) in [7, 11) is -2.25. The minimum Gasteiger partial charge on any atom is -0.481 e. The van der Waals surface area contributed by atoms with Crippen molar-refractivity contribution in [3.05, 3.63) is 66.9 Å². The van der Waals surface area contributed by atoms with Crippen molar-refractivity contribution >= 4 is 15.7 Å². The van der Waals surface area contributed by atoms with Crippen LogP contribution in [0.4, 0.5) is 5.69 Å².